The number of hydrogen-bond donors (Lipinski definition) is 1. The molecule has 0 spiro atoms. The fraction of sp³-hybridized carbons (Fsp3) is 0.600. The highest BCUT2D eigenvalue weighted by Crippen LogP contribution is 2.25. The zero-order valence-electron chi connectivity index (χ0n) is 12.4. The Balaban J connectivity index is 2.05. The number of carbonyl (C=O) groups is 2. The minimum Gasteiger partial charge on any atom is -0.481 e. The third-order valence-corrected chi connectivity index (χ3v) is 4.66. The van der Waals surface area contributed by atoms with E-state index < -0.39 is 12.1 Å². The molecule has 1 unspecified atom stereocenters. The van der Waals surface area contributed by atoms with E-state index in [1.165, 1.54) is 21.8 Å². The first-order valence-electron chi connectivity index (χ1n) is 7.23. The molecule has 0 aromatic carbocycles. The maximum absolute atomic E-state index is 12.5. The van der Waals surface area contributed by atoms with E-state index in [1.807, 2.05) is 13.0 Å². The predicted octanol–water partition coefficient (Wildman–Crippen LogP) is 2.32. The Morgan fingerprint density at radius 2 is 2.29 bits per heavy atom. The van der Waals surface area contributed by atoms with Gasteiger partial charge in [-0.15, -0.1) is 11.3 Å². The monoisotopic (exact) mass is 311 g/mol. The average Bonchev–Trinajstić information content (AvgIpc) is 2.79. The summed E-state index contributed by atoms with van der Waals surface area (Å²) >= 11 is 1.52. The van der Waals surface area contributed by atoms with E-state index in [0.717, 1.165) is 17.7 Å². The summed E-state index contributed by atoms with van der Waals surface area (Å²) in [5.41, 5.74) is 1.24. The predicted molar refractivity (Wildman–Crippen MR) is 80.9 cm³/mol. The zero-order valence-corrected chi connectivity index (χ0v) is 13.2. The molecule has 2 heterocycles. The zero-order chi connectivity index (χ0) is 15.4. The second-order valence-corrected chi connectivity index (χ2v) is 6.54. The van der Waals surface area contributed by atoms with Crippen LogP contribution in [-0.4, -0.2) is 47.7 Å². The lowest BCUT2D eigenvalue weighted by molar-refractivity contribution is -0.141. The van der Waals surface area contributed by atoms with Crippen LogP contribution in [-0.2, 0) is 16.0 Å². The Morgan fingerprint density at radius 3 is 2.95 bits per heavy atom. The third kappa shape index (κ3) is 4.04. The summed E-state index contributed by atoms with van der Waals surface area (Å²) in [6.45, 7) is 5.44. The van der Waals surface area contributed by atoms with Gasteiger partial charge in [0, 0.05) is 18.0 Å². The molecule has 1 amide bonds. The van der Waals surface area contributed by atoms with Crippen LogP contribution in [0.4, 0.5) is 0 Å². The van der Waals surface area contributed by atoms with Crippen molar-refractivity contribution >= 4 is 23.2 Å². The molecule has 1 saturated heterocycles. The van der Waals surface area contributed by atoms with E-state index in [4.69, 9.17) is 9.84 Å². The van der Waals surface area contributed by atoms with Crippen LogP contribution in [0.3, 0.4) is 0 Å². The van der Waals surface area contributed by atoms with Gasteiger partial charge in [0.15, 0.2) is 0 Å². The maximum atomic E-state index is 12.5. The van der Waals surface area contributed by atoms with Gasteiger partial charge in [-0.3, -0.25) is 9.59 Å². The molecule has 0 aliphatic carbocycles. The van der Waals surface area contributed by atoms with Crippen molar-refractivity contribution in [2.45, 2.75) is 39.2 Å². The number of aliphatic carboxylic acids is 1. The highest BCUT2D eigenvalue weighted by molar-refractivity contribution is 7.14. The first kappa shape index (κ1) is 16.0. The maximum Gasteiger partial charge on any atom is 0.306 e. The quantitative estimate of drug-likeness (QED) is 0.906. The van der Waals surface area contributed by atoms with E-state index in [-0.39, 0.29) is 12.3 Å². The SMILES string of the molecule is CCCc1cc(C(=O)N2CCOC(CC(=O)O)C2)sc1C. The van der Waals surface area contributed by atoms with Gasteiger partial charge < -0.3 is 14.7 Å². The number of thiophene rings is 1. The lowest BCUT2D eigenvalue weighted by Gasteiger charge is -2.32. The normalized spacial score (nSPS) is 18.8. The van der Waals surface area contributed by atoms with Crippen LogP contribution < -0.4 is 0 Å². The molecule has 6 heteroatoms. The van der Waals surface area contributed by atoms with Gasteiger partial charge in [-0.25, -0.2) is 0 Å². The summed E-state index contributed by atoms with van der Waals surface area (Å²) in [7, 11) is 0. The van der Waals surface area contributed by atoms with Crippen LogP contribution in [0.1, 0.15) is 39.9 Å². The van der Waals surface area contributed by atoms with Crippen molar-refractivity contribution in [2.24, 2.45) is 0 Å². The molecule has 1 aromatic rings. The number of carboxylic acids is 1. The summed E-state index contributed by atoms with van der Waals surface area (Å²) in [5.74, 6) is -0.907. The largest absolute Gasteiger partial charge is 0.481 e. The van der Waals surface area contributed by atoms with E-state index in [1.54, 1.807) is 4.90 Å². The van der Waals surface area contributed by atoms with Crippen LogP contribution in [0.2, 0.25) is 0 Å². The Morgan fingerprint density at radius 1 is 1.52 bits per heavy atom. The van der Waals surface area contributed by atoms with Gasteiger partial charge in [0.25, 0.3) is 5.91 Å². The minimum atomic E-state index is -0.897. The number of carbonyl (C=O) groups excluding carboxylic acids is 1. The standard InChI is InChI=1S/C15H21NO4S/c1-3-4-11-7-13(21-10(11)2)15(19)16-5-6-20-12(9-16)8-14(17)18/h7,12H,3-6,8-9H2,1-2H3,(H,17,18). The van der Waals surface area contributed by atoms with Crippen molar-refractivity contribution in [1.82, 2.24) is 4.90 Å². The first-order valence-corrected chi connectivity index (χ1v) is 8.05. The van der Waals surface area contributed by atoms with E-state index in [0.29, 0.717) is 19.7 Å². The number of hydrogen-bond acceptors (Lipinski definition) is 4. The summed E-state index contributed by atoms with van der Waals surface area (Å²) in [4.78, 5) is 26.9. The Bertz CT molecular complexity index is 526. The van der Waals surface area contributed by atoms with Gasteiger partial charge in [-0.1, -0.05) is 13.3 Å². The molecule has 5 nitrogen and oxygen atoms in total. The Hall–Kier alpha value is -1.40. The summed E-state index contributed by atoms with van der Waals surface area (Å²) in [6.07, 6.45) is 1.58. The average molecular weight is 311 g/mol. The Labute approximate surface area is 128 Å². The molecule has 1 aliphatic rings. The number of morpholine rings is 1. The summed E-state index contributed by atoms with van der Waals surface area (Å²) < 4.78 is 5.40. The molecule has 0 radical (unpaired) electrons. The molecule has 1 N–H and O–H groups in total. The molecule has 0 bridgehead atoms. The molecule has 2 rings (SSSR count). The summed E-state index contributed by atoms with van der Waals surface area (Å²) in [6, 6.07) is 1.98. The molecular weight excluding hydrogens is 290 g/mol. The molecule has 116 valence electrons. The topological polar surface area (TPSA) is 66.8 Å². The second-order valence-electron chi connectivity index (χ2n) is 5.28. The highest BCUT2D eigenvalue weighted by atomic mass is 32.1. The van der Waals surface area contributed by atoms with E-state index in [9.17, 15) is 9.59 Å². The van der Waals surface area contributed by atoms with Crippen LogP contribution in [0.15, 0.2) is 6.07 Å². The highest BCUT2D eigenvalue weighted by Gasteiger charge is 2.27. The fourth-order valence-electron chi connectivity index (χ4n) is 2.52. The molecular formula is C15H21NO4S. The molecule has 1 aromatic heterocycles. The molecule has 1 aliphatic heterocycles. The van der Waals surface area contributed by atoms with Crippen LogP contribution in [0, 0.1) is 6.92 Å². The van der Waals surface area contributed by atoms with Crippen molar-refractivity contribution in [3.63, 3.8) is 0 Å². The third-order valence-electron chi connectivity index (χ3n) is 3.58. The number of aryl methyl sites for hydroxylation is 2. The van der Waals surface area contributed by atoms with Gasteiger partial charge in [0.1, 0.15) is 0 Å². The fourth-order valence-corrected chi connectivity index (χ4v) is 3.56. The van der Waals surface area contributed by atoms with Gasteiger partial charge in [0.2, 0.25) is 0 Å². The number of carboxylic acid groups (broad SMARTS) is 1. The number of nitrogens with zero attached hydrogens (tertiary/aromatic N) is 1. The van der Waals surface area contributed by atoms with E-state index >= 15 is 0 Å². The van der Waals surface area contributed by atoms with Crippen molar-refractivity contribution in [1.29, 1.82) is 0 Å². The second kappa shape index (κ2) is 7.04. The minimum absolute atomic E-state index is 0.0101. The van der Waals surface area contributed by atoms with Gasteiger partial charge in [-0.2, -0.15) is 0 Å². The van der Waals surface area contributed by atoms with Crippen molar-refractivity contribution in [2.75, 3.05) is 19.7 Å². The van der Waals surface area contributed by atoms with Gasteiger partial charge in [0.05, 0.1) is 24.0 Å². The molecule has 21 heavy (non-hydrogen) atoms. The number of amides is 1. The summed E-state index contributed by atoms with van der Waals surface area (Å²) in [5, 5.41) is 8.83. The van der Waals surface area contributed by atoms with Gasteiger partial charge >= 0.3 is 5.97 Å². The van der Waals surface area contributed by atoms with Crippen molar-refractivity contribution in [3.8, 4) is 0 Å². The number of ether oxygens (including phenoxy) is 1. The molecule has 1 atom stereocenters. The van der Waals surface area contributed by atoms with Crippen LogP contribution in [0.5, 0.6) is 0 Å². The van der Waals surface area contributed by atoms with Crippen LogP contribution >= 0.6 is 11.3 Å². The molecule has 1 fully saturated rings. The van der Waals surface area contributed by atoms with Crippen molar-refractivity contribution < 1.29 is 19.4 Å². The van der Waals surface area contributed by atoms with E-state index in [2.05, 4.69) is 6.92 Å². The van der Waals surface area contributed by atoms with Crippen LogP contribution in [0.25, 0.3) is 0 Å². The van der Waals surface area contributed by atoms with Gasteiger partial charge in [-0.05, 0) is 25.0 Å². The lowest BCUT2D eigenvalue weighted by Crippen LogP contribution is -2.46. The smallest absolute Gasteiger partial charge is 0.306 e. The van der Waals surface area contributed by atoms with Crippen molar-refractivity contribution in [3.05, 3.63) is 21.4 Å². The molecule has 0 saturated carbocycles. The Kier molecular flexibility index (Phi) is 5.36. The first-order chi connectivity index (χ1) is 10.0. The lowest BCUT2D eigenvalue weighted by atomic mass is 10.1. The number of rotatable bonds is 5.